The second-order valence-electron chi connectivity index (χ2n) is 4.86. The molecule has 1 atom stereocenters. The fraction of sp³-hybridized carbons (Fsp3) is 1.00. The van der Waals surface area contributed by atoms with Gasteiger partial charge in [0.15, 0.2) is 0 Å². The predicted molar refractivity (Wildman–Crippen MR) is 53.5 cm³/mol. The molecule has 1 unspecified atom stereocenters. The zero-order valence-electron chi connectivity index (χ0n) is 8.43. The zero-order chi connectivity index (χ0) is 9.15. The smallest absolute Gasteiger partial charge is 0.0494 e. The standard InChI is InChI=1S/C11H21NO/c12-11(5-1-2-6-11)8-10-4-3-7-13-9-10/h10H,1-9,12H2. The van der Waals surface area contributed by atoms with Gasteiger partial charge < -0.3 is 10.5 Å². The minimum Gasteiger partial charge on any atom is -0.381 e. The highest BCUT2D eigenvalue weighted by Gasteiger charge is 2.32. The molecule has 0 spiro atoms. The van der Waals surface area contributed by atoms with E-state index in [-0.39, 0.29) is 5.54 Å². The van der Waals surface area contributed by atoms with Crippen molar-refractivity contribution in [2.45, 2.75) is 50.5 Å². The van der Waals surface area contributed by atoms with Gasteiger partial charge in [-0.1, -0.05) is 12.8 Å². The number of nitrogens with two attached hydrogens (primary N) is 1. The van der Waals surface area contributed by atoms with Crippen molar-refractivity contribution in [1.29, 1.82) is 0 Å². The van der Waals surface area contributed by atoms with Crippen molar-refractivity contribution in [3.8, 4) is 0 Å². The van der Waals surface area contributed by atoms with Crippen LogP contribution in [0.15, 0.2) is 0 Å². The van der Waals surface area contributed by atoms with E-state index in [0.717, 1.165) is 19.1 Å². The van der Waals surface area contributed by atoms with Crippen LogP contribution in [0.4, 0.5) is 0 Å². The van der Waals surface area contributed by atoms with Gasteiger partial charge in [0, 0.05) is 18.8 Å². The third-order valence-corrected chi connectivity index (χ3v) is 3.55. The number of ether oxygens (including phenoxy) is 1. The molecule has 1 saturated heterocycles. The molecule has 1 aliphatic carbocycles. The van der Waals surface area contributed by atoms with Gasteiger partial charge in [-0.25, -0.2) is 0 Å². The summed E-state index contributed by atoms with van der Waals surface area (Å²) >= 11 is 0. The second-order valence-corrected chi connectivity index (χ2v) is 4.86. The Balaban J connectivity index is 1.81. The van der Waals surface area contributed by atoms with Gasteiger partial charge in [0.25, 0.3) is 0 Å². The largest absolute Gasteiger partial charge is 0.381 e. The van der Waals surface area contributed by atoms with E-state index in [0.29, 0.717) is 0 Å². The summed E-state index contributed by atoms with van der Waals surface area (Å²) in [5, 5.41) is 0. The van der Waals surface area contributed by atoms with Crippen LogP contribution in [0.25, 0.3) is 0 Å². The van der Waals surface area contributed by atoms with Crippen molar-refractivity contribution in [1.82, 2.24) is 0 Å². The van der Waals surface area contributed by atoms with Gasteiger partial charge in [-0.05, 0) is 38.0 Å². The molecule has 0 radical (unpaired) electrons. The second kappa shape index (κ2) is 3.97. The van der Waals surface area contributed by atoms with Crippen molar-refractivity contribution in [3.63, 3.8) is 0 Å². The molecule has 2 heteroatoms. The normalized spacial score (nSPS) is 33.5. The van der Waals surface area contributed by atoms with Crippen LogP contribution in [-0.2, 0) is 4.74 Å². The summed E-state index contributed by atoms with van der Waals surface area (Å²) < 4.78 is 5.48. The lowest BCUT2D eigenvalue weighted by Crippen LogP contribution is -2.40. The van der Waals surface area contributed by atoms with Gasteiger partial charge in [-0.2, -0.15) is 0 Å². The molecule has 2 rings (SSSR count). The number of rotatable bonds is 2. The van der Waals surface area contributed by atoms with Crippen molar-refractivity contribution >= 4 is 0 Å². The molecule has 76 valence electrons. The van der Waals surface area contributed by atoms with Crippen LogP contribution in [0.1, 0.15) is 44.9 Å². The average Bonchev–Trinajstić information content (AvgIpc) is 2.54. The van der Waals surface area contributed by atoms with E-state index in [4.69, 9.17) is 10.5 Å². The van der Waals surface area contributed by atoms with Crippen LogP contribution in [0.2, 0.25) is 0 Å². The minimum absolute atomic E-state index is 0.172. The third-order valence-electron chi connectivity index (χ3n) is 3.55. The van der Waals surface area contributed by atoms with Gasteiger partial charge in [-0.3, -0.25) is 0 Å². The Morgan fingerprint density at radius 2 is 2.00 bits per heavy atom. The third kappa shape index (κ3) is 2.44. The summed E-state index contributed by atoms with van der Waals surface area (Å²) in [6, 6.07) is 0. The van der Waals surface area contributed by atoms with E-state index in [2.05, 4.69) is 0 Å². The maximum absolute atomic E-state index is 6.33. The molecule has 0 aromatic heterocycles. The molecule has 1 saturated carbocycles. The van der Waals surface area contributed by atoms with E-state index < -0.39 is 0 Å². The van der Waals surface area contributed by atoms with Gasteiger partial charge in [0.2, 0.25) is 0 Å². The van der Waals surface area contributed by atoms with Crippen LogP contribution < -0.4 is 5.73 Å². The summed E-state index contributed by atoms with van der Waals surface area (Å²) in [7, 11) is 0. The highest BCUT2D eigenvalue weighted by molar-refractivity contribution is 4.91. The lowest BCUT2D eigenvalue weighted by Gasteiger charge is -2.31. The summed E-state index contributed by atoms with van der Waals surface area (Å²) in [6.07, 6.45) is 8.92. The Morgan fingerprint density at radius 3 is 2.62 bits per heavy atom. The van der Waals surface area contributed by atoms with Crippen LogP contribution in [-0.4, -0.2) is 18.8 Å². The Labute approximate surface area is 80.8 Å². The Hall–Kier alpha value is -0.0800. The van der Waals surface area contributed by atoms with E-state index in [9.17, 15) is 0 Å². The summed E-state index contributed by atoms with van der Waals surface area (Å²) in [6.45, 7) is 1.92. The molecule has 1 heterocycles. The van der Waals surface area contributed by atoms with Crippen molar-refractivity contribution in [2.75, 3.05) is 13.2 Å². The molecule has 2 fully saturated rings. The molecule has 1 aliphatic heterocycles. The van der Waals surface area contributed by atoms with Crippen molar-refractivity contribution in [2.24, 2.45) is 11.7 Å². The van der Waals surface area contributed by atoms with E-state index in [1.807, 2.05) is 0 Å². The van der Waals surface area contributed by atoms with E-state index >= 15 is 0 Å². The fourth-order valence-electron chi connectivity index (χ4n) is 2.83. The first-order chi connectivity index (χ1) is 6.29. The zero-order valence-corrected chi connectivity index (χ0v) is 8.43. The maximum Gasteiger partial charge on any atom is 0.0494 e. The van der Waals surface area contributed by atoms with Crippen LogP contribution in [0.3, 0.4) is 0 Å². The van der Waals surface area contributed by atoms with E-state index in [1.54, 1.807) is 0 Å². The summed E-state index contributed by atoms with van der Waals surface area (Å²) in [5.74, 6) is 0.747. The van der Waals surface area contributed by atoms with Crippen molar-refractivity contribution in [3.05, 3.63) is 0 Å². The molecule has 2 N–H and O–H groups in total. The molecule has 0 aromatic carbocycles. The molecule has 0 amide bonds. The van der Waals surface area contributed by atoms with E-state index in [1.165, 1.54) is 44.9 Å². The summed E-state index contributed by atoms with van der Waals surface area (Å²) in [5.41, 5.74) is 6.51. The first kappa shape index (κ1) is 9.47. The highest BCUT2D eigenvalue weighted by Crippen LogP contribution is 2.34. The average molecular weight is 183 g/mol. The molecular formula is C11H21NO. The fourth-order valence-corrected chi connectivity index (χ4v) is 2.83. The maximum atomic E-state index is 6.33. The van der Waals surface area contributed by atoms with Gasteiger partial charge >= 0.3 is 0 Å². The molecule has 0 bridgehead atoms. The molecular weight excluding hydrogens is 162 g/mol. The topological polar surface area (TPSA) is 35.2 Å². The van der Waals surface area contributed by atoms with Crippen LogP contribution in [0.5, 0.6) is 0 Å². The minimum atomic E-state index is 0.172. The molecule has 0 aromatic rings. The molecule has 13 heavy (non-hydrogen) atoms. The van der Waals surface area contributed by atoms with Gasteiger partial charge in [0.1, 0.15) is 0 Å². The highest BCUT2D eigenvalue weighted by atomic mass is 16.5. The lowest BCUT2D eigenvalue weighted by molar-refractivity contribution is 0.0426. The first-order valence-electron chi connectivity index (χ1n) is 5.65. The number of hydrogen-bond acceptors (Lipinski definition) is 2. The van der Waals surface area contributed by atoms with Crippen LogP contribution >= 0.6 is 0 Å². The van der Waals surface area contributed by atoms with Crippen molar-refractivity contribution < 1.29 is 4.74 Å². The Kier molecular flexibility index (Phi) is 2.89. The monoisotopic (exact) mass is 183 g/mol. The Bertz CT molecular complexity index is 157. The van der Waals surface area contributed by atoms with Gasteiger partial charge in [-0.15, -0.1) is 0 Å². The quantitative estimate of drug-likeness (QED) is 0.711. The lowest BCUT2D eigenvalue weighted by atomic mass is 9.84. The predicted octanol–water partition coefficient (Wildman–Crippen LogP) is 2.07. The summed E-state index contributed by atoms with van der Waals surface area (Å²) in [4.78, 5) is 0. The van der Waals surface area contributed by atoms with Crippen LogP contribution in [0, 0.1) is 5.92 Å². The first-order valence-corrected chi connectivity index (χ1v) is 5.65. The molecule has 2 nitrogen and oxygen atoms in total. The number of hydrogen-bond donors (Lipinski definition) is 1. The van der Waals surface area contributed by atoms with Gasteiger partial charge in [0.05, 0.1) is 0 Å². The molecule has 2 aliphatic rings. The SMILES string of the molecule is NC1(CC2CCCOC2)CCCC1. The Morgan fingerprint density at radius 1 is 1.23 bits per heavy atom.